The molecule has 3 N–H and O–H groups in total. The summed E-state index contributed by atoms with van der Waals surface area (Å²) in [6, 6.07) is 11.4. The monoisotopic (exact) mass is 315 g/mol. The highest BCUT2D eigenvalue weighted by Gasteiger charge is 2.21. The number of hydrogen-bond acceptors (Lipinski definition) is 4. The minimum absolute atomic E-state index is 0.222. The zero-order valence-electron chi connectivity index (χ0n) is 12.6. The number of halogens is 1. The number of carbonyl (C=O) groups is 1. The van der Waals surface area contributed by atoms with Gasteiger partial charge in [0.15, 0.2) is 0 Å². The largest absolute Gasteiger partial charge is 0.478 e. The van der Waals surface area contributed by atoms with E-state index in [0.29, 0.717) is 24.5 Å². The summed E-state index contributed by atoms with van der Waals surface area (Å²) in [4.78, 5) is 15.6. The standard InChI is InChI=1S/C17H18FN3O2/c18-12-1-4-14(5-2-12)20-7-9-21(10-8-20)16-6-3-13(19)11-15(16)17(22)23/h1-6,11H,7-10,19H2,(H,22,23). The zero-order chi connectivity index (χ0) is 16.4. The smallest absolute Gasteiger partial charge is 0.337 e. The van der Waals surface area contributed by atoms with Crippen LogP contribution in [0.5, 0.6) is 0 Å². The summed E-state index contributed by atoms with van der Waals surface area (Å²) in [6.07, 6.45) is 0. The number of nitrogens with two attached hydrogens (primary N) is 1. The maximum absolute atomic E-state index is 13.0. The first-order valence-corrected chi connectivity index (χ1v) is 7.43. The normalized spacial score (nSPS) is 14.8. The van der Waals surface area contributed by atoms with Crippen LogP contribution in [0.25, 0.3) is 0 Å². The van der Waals surface area contributed by atoms with Crippen molar-refractivity contribution in [2.24, 2.45) is 0 Å². The molecule has 0 radical (unpaired) electrons. The number of aromatic carboxylic acids is 1. The molecule has 0 saturated carbocycles. The molecule has 2 aromatic carbocycles. The lowest BCUT2D eigenvalue weighted by molar-refractivity contribution is 0.0697. The highest BCUT2D eigenvalue weighted by atomic mass is 19.1. The number of rotatable bonds is 3. The van der Waals surface area contributed by atoms with Crippen LogP contribution in [-0.4, -0.2) is 37.3 Å². The van der Waals surface area contributed by atoms with Crippen molar-refractivity contribution < 1.29 is 14.3 Å². The van der Waals surface area contributed by atoms with E-state index in [-0.39, 0.29) is 11.4 Å². The molecular weight excluding hydrogens is 297 g/mol. The van der Waals surface area contributed by atoms with Gasteiger partial charge in [0.05, 0.1) is 11.3 Å². The van der Waals surface area contributed by atoms with Crippen molar-refractivity contribution in [3.8, 4) is 0 Å². The minimum Gasteiger partial charge on any atom is -0.478 e. The lowest BCUT2D eigenvalue weighted by Gasteiger charge is -2.38. The van der Waals surface area contributed by atoms with Gasteiger partial charge in [-0.25, -0.2) is 9.18 Å². The van der Waals surface area contributed by atoms with Gasteiger partial charge in [0.25, 0.3) is 0 Å². The molecule has 2 aromatic rings. The SMILES string of the molecule is Nc1ccc(N2CCN(c3ccc(F)cc3)CC2)c(C(=O)O)c1. The summed E-state index contributed by atoms with van der Waals surface area (Å²) in [7, 11) is 0. The van der Waals surface area contributed by atoms with Gasteiger partial charge in [0.2, 0.25) is 0 Å². The maximum atomic E-state index is 13.0. The van der Waals surface area contributed by atoms with Gasteiger partial charge in [0.1, 0.15) is 5.82 Å². The predicted molar refractivity (Wildman–Crippen MR) is 88.6 cm³/mol. The van der Waals surface area contributed by atoms with Crippen LogP contribution in [0, 0.1) is 5.82 Å². The number of nitrogens with zero attached hydrogens (tertiary/aromatic N) is 2. The van der Waals surface area contributed by atoms with E-state index in [9.17, 15) is 14.3 Å². The summed E-state index contributed by atoms with van der Waals surface area (Å²) in [5, 5.41) is 9.35. The van der Waals surface area contributed by atoms with Crippen LogP contribution in [0.2, 0.25) is 0 Å². The van der Waals surface area contributed by atoms with Crippen LogP contribution in [0.15, 0.2) is 42.5 Å². The fourth-order valence-electron chi connectivity index (χ4n) is 2.86. The molecule has 1 saturated heterocycles. The summed E-state index contributed by atoms with van der Waals surface area (Å²) in [6.45, 7) is 2.88. The molecule has 1 heterocycles. The zero-order valence-corrected chi connectivity index (χ0v) is 12.6. The minimum atomic E-state index is -0.978. The second-order valence-electron chi connectivity index (χ2n) is 5.53. The second-order valence-corrected chi connectivity index (χ2v) is 5.53. The van der Waals surface area contributed by atoms with Gasteiger partial charge in [-0.1, -0.05) is 0 Å². The summed E-state index contributed by atoms with van der Waals surface area (Å²) in [5.41, 5.74) is 8.01. The van der Waals surface area contributed by atoms with Crippen LogP contribution in [0.4, 0.5) is 21.5 Å². The van der Waals surface area contributed by atoms with Crippen LogP contribution >= 0.6 is 0 Å². The molecule has 1 aliphatic heterocycles. The molecule has 0 unspecified atom stereocenters. The van der Waals surface area contributed by atoms with E-state index in [4.69, 9.17) is 5.73 Å². The van der Waals surface area contributed by atoms with Crippen molar-refractivity contribution in [1.82, 2.24) is 0 Å². The lowest BCUT2D eigenvalue weighted by Crippen LogP contribution is -2.47. The van der Waals surface area contributed by atoms with Gasteiger partial charge < -0.3 is 20.6 Å². The van der Waals surface area contributed by atoms with E-state index in [2.05, 4.69) is 4.90 Å². The topological polar surface area (TPSA) is 69.8 Å². The highest BCUT2D eigenvalue weighted by Crippen LogP contribution is 2.26. The molecule has 0 atom stereocenters. The Morgan fingerprint density at radius 1 is 1.00 bits per heavy atom. The van der Waals surface area contributed by atoms with Gasteiger partial charge in [-0.2, -0.15) is 0 Å². The molecule has 5 nitrogen and oxygen atoms in total. The Labute approximate surface area is 133 Å². The molecule has 0 aromatic heterocycles. The van der Waals surface area contributed by atoms with E-state index in [1.165, 1.54) is 18.2 Å². The Hall–Kier alpha value is -2.76. The van der Waals surface area contributed by atoms with Crippen molar-refractivity contribution in [2.45, 2.75) is 0 Å². The van der Waals surface area contributed by atoms with Crippen LogP contribution in [0.1, 0.15) is 10.4 Å². The molecule has 23 heavy (non-hydrogen) atoms. The van der Waals surface area contributed by atoms with Gasteiger partial charge in [-0.05, 0) is 42.5 Å². The van der Waals surface area contributed by atoms with Crippen LogP contribution < -0.4 is 15.5 Å². The Balaban J connectivity index is 1.74. The predicted octanol–water partition coefficient (Wildman–Crippen LogP) is 2.43. The number of nitrogen functional groups attached to an aromatic ring is 1. The summed E-state index contributed by atoms with van der Waals surface area (Å²) in [5.74, 6) is -1.23. The van der Waals surface area contributed by atoms with Crippen molar-refractivity contribution in [1.29, 1.82) is 0 Å². The molecule has 120 valence electrons. The molecule has 0 aliphatic carbocycles. The average molecular weight is 315 g/mol. The highest BCUT2D eigenvalue weighted by molar-refractivity contribution is 5.95. The number of anilines is 3. The Kier molecular flexibility index (Phi) is 4.06. The van der Waals surface area contributed by atoms with E-state index < -0.39 is 5.97 Å². The van der Waals surface area contributed by atoms with Crippen LogP contribution in [0.3, 0.4) is 0 Å². The molecule has 1 aliphatic rings. The fourth-order valence-corrected chi connectivity index (χ4v) is 2.86. The first kappa shape index (κ1) is 15.1. The van der Waals surface area contributed by atoms with Crippen molar-refractivity contribution in [3.63, 3.8) is 0 Å². The quantitative estimate of drug-likeness (QED) is 0.851. The van der Waals surface area contributed by atoms with E-state index >= 15 is 0 Å². The Bertz CT molecular complexity index is 710. The van der Waals surface area contributed by atoms with Gasteiger partial charge in [0, 0.05) is 37.6 Å². The van der Waals surface area contributed by atoms with Crippen molar-refractivity contribution in [3.05, 3.63) is 53.8 Å². The van der Waals surface area contributed by atoms with E-state index in [1.807, 2.05) is 4.90 Å². The number of hydrogen-bond donors (Lipinski definition) is 2. The first-order chi connectivity index (χ1) is 11.0. The third-order valence-corrected chi connectivity index (χ3v) is 4.06. The molecule has 1 fully saturated rings. The molecular formula is C17H18FN3O2. The fraction of sp³-hybridized carbons (Fsp3) is 0.235. The number of piperazine rings is 1. The Morgan fingerprint density at radius 3 is 2.22 bits per heavy atom. The average Bonchev–Trinajstić information content (AvgIpc) is 2.56. The van der Waals surface area contributed by atoms with Gasteiger partial charge in [-0.15, -0.1) is 0 Å². The molecule has 0 amide bonds. The molecule has 3 rings (SSSR count). The molecule has 0 bridgehead atoms. The molecule has 0 spiro atoms. The first-order valence-electron chi connectivity index (χ1n) is 7.43. The summed E-state index contributed by atoms with van der Waals surface area (Å²) < 4.78 is 13.0. The number of carboxylic acid groups (broad SMARTS) is 1. The molecule has 6 heteroatoms. The third kappa shape index (κ3) is 3.21. The lowest BCUT2D eigenvalue weighted by atomic mass is 10.1. The third-order valence-electron chi connectivity index (χ3n) is 4.06. The van der Waals surface area contributed by atoms with E-state index in [1.54, 1.807) is 24.3 Å². The second kappa shape index (κ2) is 6.16. The van der Waals surface area contributed by atoms with E-state index in [0.717, 1.165) is 18.8 Å². The van der Waals surface area contributed by atoms with Gasteiger partial charge >= 0.3 is 5.97 Å². The van der Waals surface area contributed by atoms with Crippen molar-refractivity contribution in [2.75, 3.05) is 41.7 Å². The summed E-state index contributed by atoms with van der Waals surface area (Å²) >= 11 is 0. The Morgan fingerprint density at radius 2 is 1.61 bits per heavy atom. The number of benzene rings is 2. The maximum Gasteiger partial charge on any atom is 0.337 e. The van der Waals surface area contributed by atoms with Crippen LogP contribution in [-0.2, 0) is 0 Å². The van der Waals surface area contributed by atoms with Crippen molar-refractivity contribution >= 4 is 23.0 Å². The van der Waals surface area contributed by atoms with Gasteiger partial charge in [-0.3, -0.25) is 0 Å². The number of carboxylic acids is 1.